The van der Waals surface area contributed by atoms with Gasteiger partial charge in [0.1, 0.15) is 24.4 Å². The van der Waals surface area contributed by atoms with E-state index in [1.165, 1.54) is 0 Å². The number of fused-ring (bicyclic) bond motifs is 2. The number of nitrogens with one attached hydrogen (secondary N) is 2. The van der Waals surface area contributed by atoms with Crippen LogP contribution in [0.1, 0.15) is 17.5 Å². The molecule has 1 spiro atoms. The van der Waals surface area contributed by atoms with Crippen molar-refractivity contribution in [3.8, 4) is 5.75 Å². The van der Waals surface area contributed by atoms with Gasteiger partial charge in [-0.05, 0) is 42.2 Å². The first-order valence-electron chi connectivity index (χ1n) is 9.37. The first kappa shape index (κ1) is 19.4. The van der Waals surface area contributed by atoms with E-state index in [4.69, 9.17) is 4.74 Å². The molecule has 1 atom stereocenters. The number of benzene rings is 2. The Bertz CT molecular complexity index is 980. The Kier molecular flexibility index (Phi) is 5.27. The van der Waals surface area contributed by atoms with Gasteiger partial charge in [0.25, 0.3) is 5.91 Å². The summed E-state index contributed by atoms with van der Waals surface area (Å²) in [6.45, 7) is 0.230. The molecule has 7 nitrogen and oxygen atoms in total. The van der Waals surface area contributed by atoms with Crippen molar-refractivity contribution in [2.24, 2.45) is 0 Å². The molecule has 4 amide bonds. The molecule has 8 heteroatoms. The molecule has 1 heterocycles. The van der Waals surface area contributed by atoms with Gasteiger partial charge in [-0.25, -0.2) is 4.79 Å². The molecule has 150 valence electrons. The molecule has 29 heavy (non-hydrogen) atoms. The van der Waals surface area contributed by atoms with Crippen LogP contribution in [-0.2, 0) is 21.5 Å². The average Bonchev–Trinajstić information content (AvgIpc) is 3.19. The first-order valence-corrected chi connectivity index (χ1v) is 10.2. The number of nitrogens with zero attached hydrogens (tertiary/aromatic N) is 1. The lowest BCUT2D eigenvalue weighted by molar-refractivity contribution is -0.135. The van der Waals surface area contributed by atoms with Crippen LogP contribution in [0, 0.1) is 0 Å². The number of rotatable bonds is 6. The zero-order chi connectivity index (χ0) is 20.4. The number of hydrogen-bond acceptors (Lipinski definition) is 4. The van der Waals surface area contributed by atoms with Crippen LogP contribution >= 0.6 is 15.9 Å². The zero-order valence-corrected chi connectivity index (χ0v) is 17.2. The molecular weight excluding hydrogens is 438 g/mol. The number of amides is 4. The zero-order valence-electron chi connectivity index (χ0n) is 15.6. The van der Waals surface area contributed by atoms with Crippen molar-refractivity contribution >= 4 is 33.8 Å². The Labute approximate surface area is 176 Å². The summed E-state index contributed by atoms with van der Waals surface area (Å²) in [6, 6.07) is 14.5. The van der Waals surface area contributed by atoms with E-state index in [9.17, 15) is 14.4 Å². The number of urea groups is 1. The normalized spacial score (nSPS) is 20.0. The fourth-order valence-corrected chi connectivity index (χ4v) is 4.23. The van der Waals surface area contributed by atoms with E-state index >= 15 is 0 Å². The third-order valence-corrected chi connectivity index (χ3v) is 5.71. The number of carbonyl (C=O) groups excluding carboxylic acids is 3. The number of hydrogen-bond donors (Lipinski definition) is 2. The lowest BCUT2D eigenvalue weighted by atomic mass is 9.92. The van der Waals surface area contributed by atoms with Gasteiger partial charge in [-0.1, -0.05) is 46.3 Å². The largest absolute Gasteiger partial charge is 0.492 e. The SMILES string of the molecule is O=C(CN1C(=O)NC2(CCc3ccccc32)C1=O)NCCOc1cccc(Br)c1. The van der Waals surface area contributed by atoms with Gasteiger partial charge in [-0.2, -0.15) is 0 Å². The molecule has 4 rings (SSSR count). The molecule has 1 aliphatic heterocycles. The van der Waals surface area contributed by atoms with Gasteiger partial charge in [-0.15, -0.1) is 0 Å². The van der Waals surface area contributed by atoms with Crippen LogP contribution in [0.15, 0.2) is 53.0 Å². The second-order valence-electron chi connectivity index (χ2n) is 7.04. The molecule has 1 fully saturated rings. The Morgan fingerprint density at radius 2 is 2.03 bits per heavy atom. The minimum absolute atomic E-state index is 0.267. The monoisotopic (exact) mass is 457 g/mol. The summed E-state index contributed by atoms with van der Waals surface area (Å²) < 4.78 is 6.46. The highest BCUT2D eigenvalue weighted by Crippen LogP contribution is 2.41. The molecule has 0 aromatic heterocycles. The summed E-state index contributed by atoms with van der Waals surface area (Å²) in [7, 11) is 0. The van der Waals surface area contributed by atoms with Crippen molar-refractivity contribution in [1.29, 1.82) is 0 Å². The Morgan fingerprint density at radius 3 is 2.86 bits per heavy atom. The number of ether oxygens (including phenoxy) is 1. The van der Waals surface area contributed by atoms with E-state index in [1.807, 2.05) is 48.5 Å². The first-order chi connectivity index (χ1) is 14.0. The van der Waals surface area contributed by atoms with E-state index < -0.39 is 17.5 Å². The van der Waals surface area contributed by atoms with E-state index in [1.54, 1.807) is 0 Å². The van der Waals surface area contributed by atoms with Crippen molar-refractivity contribution in [3.63, 3.8) is 0 Å². The van der Waals surface area contributed by atoms with Crippen LogP contribution in [0.4, 0.5) is 4.79 Å². The van der Waals surface area contributed by atoms with Crippen molar-refractivity contribution in [2.75, 3.05) is 19.7 Å². The Morgan fingerprint density at radius 1 is 1.21 bits per heavy atom. The molecule has 1 saturated heterocycles. The van der Waals surface area contributed by atoms with Crippen molar-refractivity contribution in [2.45, 2.75) is 18.4 Å². The van der Waals surface area contributed by atoms with E-state index in [0.29, 0.717) is 12.2 Å². The van der Waals surface area contributed by atoms with Gasteiger partial charge in [-0.3, -0.25) is 14.5 Å². The topological polar surface area (TPSA) is 87.7 Å². The number of carbonyl (C=O) groups is 3. The number of halogens is 1. The lowest BCUT2D eigenvalue weighted by Gasteiger charge is -2.22. The second-order valence-corrected chi connectivity index (χ2v) is 7.96. The van der Waals surface area contributed by atoms with Crippen LogP contribution in [0.2, 0.25) is 0 Å². The van der Waals surface area contributed by atoms with E-state index in [2.05, 4.69) is 26.6 Å². The van der Waals surface area contributed by atoms with Gasteiger partial charge in [0, 0.05) is 4.47 Å². The van der Waals surface area contributed by atoms with Crippen LogP contribution < -0.4 is 15.4 Å². The predicted octanol–water partition coefficient (Wildman–Crippen LogP) is 2.34. The third kappa shape index (κ3) is 3.72. The molecule has 2 aromatic carbocycles. The van der Waals surface area contributed by atoms with Crippen LogP contribution in [0.25, 0.3) is 0 Å². The highest BCUT2D eigenvalue weighted by atomic mass is 79.9. The highest BCUT2D eigenvalue weighted by molar-refractivity contribution is 9.10. The number of aryl methyl sites for hydroxylation is 1. The Hall–Kier alpha value is -2.87. The summed E-state index contributed by atoms with van der Waals surface area (Å²) in [5.74, 6) is -0.0905. The second kappa shape index (κ2) is 7.87. The molecular formula is C21H20BrN3O4. The smallest absolute Gasteiger partial charge is 0.325 e. The van der Waals surface area contributed by atoms with Gasteiger partial charge in [0.15, 0.2) is 0 Å². The van der Waals surface area contributed by atoms with Crippen molar-refractivity contribution < 1.29 is 19.1 Å². The molecule has 2 aliphatic rings. The van der Waals surface area contributed by atoms with E-state index in [-0.39, 0.29) is 25.6 Å². The maximum Gasteiger partial charge on any atom is 0.325 e. The van der Waals surface area contributed by atoms with Gasteiger partial charge >= 0.3 is 6.03 Å². The van der Waals surface area contributed by atoms with Crippen LogP contribution in [0.3, 0.4) is 0 Å². The molecule has 2 aromatic rings. The highest BCUT2D eigenvalue weighted by Gasteiger charge is 2.55. The van der Waals surface area contributed by atoms with Crippen LogP contribution in [-0.4, -0.2) is 42.4 Å². The quantitative estimate of drug-likeness (QED) is 0.514. The molecule has 1 aliphatic carbocycles. The van der Waals surface area contributed by atoms with Crippen LogP contribution in [0.5, 0.6) is 5.75 Å². The standard InChI is InChI=1S/C21H20BrN3O4/c22-15-5-3-6-16(12-15)29-11-10-23-18(26)13-25-19(27)21(24-20(25)28)9-8-14-4-1-2-7-17(14)21/h1-7,12H,8-11,13H2,(H,23,26)(H,24,28). The minimum Gasteiger partial charge on any atom is -0.492 e. The molecule has 0 bridgehead atoms. The third-order valence-electron chi connectivity index (χ3n) is 5.21. The van der Waals surface area contributed by atoms with Gasteiger partial charge in [0.2, 0.25) is 5.91 Å². The summed E-state index contributed by atoms with van der Waals surface area (Å²) in [6.07, 6.45) is 1.23. The van der Waals surface area contributed by atoms with Gasteiger partial charge < -0.3 is 15.4 Å². The number of imide groups is 1. The molecule has 0 radical (unpaired) electrons. The fraction of sp³-hybridized carbons (Fsp3) is 0.286. The maximum absolute atomic E-state index is 13.0. The summed E-state index contributed by atoms with van der Waals surface area (Å²) in [5.41, 5.74) is 0.832. The molecule has 2 N–H and O–H groups in total. The minimum atomic E-state index is -1.04. The average molecular weight is 458 g/mol. The van der Waals surface area contributed by atoms with Crippen molar-refractivity contribution in [1.82, 2.24) is 15.5 Å². The van der Waals surface area contributed by atoms with E-state index in [0.717, 1.165) is 26.9 Å². The fourth-order valence-electron chi connectivity index (χ4n) is 3.85. The molecule has 0 saturated carbocycles. The summed E-state index contributed by atoms with van der Waals surface area (Å²) in [4.78, 5) is 38.7. The Balaban J connectivity index is 1.32. The maximum atomic E-state index is 13.0. The molecule has 1 unspecified atom stereocenters. The van der Waals surface area contributed by atoms with Gasteiger partial charge in [0.05, 0.1) is 6.54 Å². The predicted molar refractivity (Wildman–Crippen MR) is 109 cm³/mol. The summed E-state index contributed by atoms with van der Waals surface area (Å²) >= 11 is 3.36. The summed E-state index contributed by atoms with van der Waals surface area (Å²) in [5, 5.41) is 5.50. The lowest BCUT2D eigenvalue weighted by Crippen LogP contribution is -2.44. The van der Waals surface area contributed by atoms with Crippen molar-refractivity contribution in [3.05, 3.63) is 64.1 Å².